The van der Waals surface area contributed by atoms with Crippen LogP contribution >= 0.6 is 0 Å². The van der Waals surface area contributed by atoms with E-state index in [1.165, 1.54) is 18.5 Å². The number of hydrogen-bond donors (Lipinski definition) is 1. The average Bonchev–Trinajstić information content (AvgIpc) is 3.19. The Morgan fingerprint density at radius 1 is 1.41 bits per heavy atom. The molecule has 1 aromatic heterocycles. The summed E-state index contributed by atoms with van der Waals surface area (Å²) in [6.45, 7) is 5.27. The minimum absolute atomic E-state index is 0.426. The molecule has 2 rings (SSSR count). The van der Waals surface area contributed by atoms with Crippen LogP contribution in [0.4, 0.5) is 5.69 Å². The molecular weight excluding hydrogens is 212 g/mol. The van der Waals surface area contributed by atoms with Gasteiger partial charge in [0.15, 0.2) is 0 Å². The molecular formula is C14H22N2O. The first kappa shape index (κ1) is 12.4. The zero-order valence-corrected chi connectivity index (χ0v) is 10.8. The monoisotopic (exact) mass is 234 g/mol. The summed E-state index contributed by atoms with van der Waals surface area (Å²) in [6, 6.07) is 4.77. The van der Waals surface area contributed by atoms with Gasteiger partial charge in [-0.15, -0.1) is 0 Å². The summed E-state index contributed by atoms with van der Waals surface area (Å²) in [6.07, 6.45) is 5.97. The molecule has 1 aliphatic carbocycles. The quantitative estimate of drug-likeness (QED) is 0.822. The van der Waals surface area contributed by atoms with Gasteiger partial charge < -0.3 is 10.0 Å². The van der Waals surface area contributed by atoms with Gasteiger partial charge in [-0.05, 0) is 37.8 Å². The van der Waals surface area contributed by atoms with Crippen LogP contribution in [-0.4, -0.2) is 22.7 Å². The van der Waals surface area contributed by atoms with Crippen molar-refractivity contribution in [2.45, 2.75) is 51.7 Å². The maximum Gasteiger partial charge on any atom is 0.0957 e. The van der Waals surface area contributed by atoms with E-state index in [4.69, 9.17) is 0 Å². The third-order valence-corrected chi connectivity index (χ3v) is 3.28. The minimum Gasteiger partial charge on any atom is -0.387 e. The van der Waals surface area contributed by atoms with Crippen LogP contribution in [0.25, 0.3) is 0 Å². The van der Waals surface area contributed by atoms with E-state index < -0.39 is 6.10 Å². The number of aromatic nitrogens is 1. The number of nitrogens with zero attached hydrogens (tertiary/aromatic N) is 2. The molecule has 0 aromatic carbocycles. The van der Waals surface area contributed by atoms with E-state index in [2.05, 4.69) is 22.9 Å². The molecule has 1 N–H and O–H groups in total. The van der Waals surface area contributed by atoms with Gasteiger partial charge in [0.1, 0.15) is 0 Å². The fourth-order valence-electron chi connectivity index (χ4n) is 2.12. The zero-order valence-electron chi connectivity index (χ0n) is 10.8. The van der Waals surface area contributed by atoms with Crippen molar-refractivity contribution >= 4 is 5.69 Å². The second-order valence-corrected chi connectivity index (χ2v) is 4.79. The summed E-state index contributed by atoms with van der Waals surface area (Å²) in [5.74, 6) is 0. The third-order valence-electron chi connectivity index (χ3n) is 3.28. The Morgan fingerprint density at radius 3 is 2.65 bits per heavy atom. The molecule has 1 aromatic rings. The maximum atomic E-state index is 9.71. The highest BCUT2D eigenvalue weighted by molar-refractivity contribution is 5.47. The van der Waals surface area contributed by atoms with Gasteiger partial charge in [-0.3, -0.25) is 4.98 Å². The van der Waals surface area contributed by atoms with E-state index >= 15 is 0 Å². The summed E-state index contributed by atoms with van der Waals surface area (Å²) in [5, 5.41) is 9.71. The third kappa shape index (κ3) is 2.97. The lowest BCUT2D eigenvalue weighted by molar-refractivity contribution is 0.169. The predicted octanol–water partition coefficient (Wildman–Crippen LogP) is 2.90. The van der Waals surface area contributed by atoms with Crippen molar-refractivity contribution in [3.63, 3.8) is 0 Å². The Bertz CT molecular complexity index is 346. The number of aliphatic hydroxyl groups is 1. The van der Waals surface area contributed by atoms with E-state index in [1.807, 2.05) is 19.2 Å². The van der Waals surface area contributed by atoms with Crippen LogP contribution in [0.15, 0.2) is 18.3 Å². The van der Waals surface area contributed by atoms with Gasteiger partial charge in [-0.1, -0.05) is 13.8 Å². The summed E-state index contributed by atoms with van der Waals surface area (Å²) in [7, 11) is 0. The van der Waals surface area contributed by atoms with Crippen LogP contribution in [0, 0.1) is 0 Å². The van der Waals surface area contributed by atoms with Crippen molar-refractivity contribution in [1.82, 2.24) is 4.98 Å². The van der Waals surface area contributed by atoms with Crippen molar-refractivity contribution < 1.29 is 5.11 Å². The molecule has 1 atom stereocenters. The molecule has 1 saturated carbocycles. The lowest BCUT2D eigenvalue weighted by Crippen LogP contribution is -2.26. The molecule has 0 saturated heterocycles. The van der Waals surface area contributed by atoms with Gasteiger partial charge in [0.2, 0.25) is 0 Å². The van der Waals surface area contributed by atoms with Crippen molar-refractivity contribution in [3.05, 3.63) is 24.0 Å². The Kier molecular flexibility index (Phi) is 4.00. The topological polar surface area (TPSA) is 36.4 Å². The zero-order chi connectivity index (χ0) is 12.3. The molecule has 0 radical (unpaired) electrons. The number of aliphatic hydroxyl groups excluding tert-OH is 1. The van der Waals surface area contributed by atoms with Crippen molar-refractivity contribution in [3.8, 4) is 0 Å². The number of pyridine rings is 1. The number of hydrogen-bond acceptors (Lipinski definition) is 3. The number of rotatable bonds is 6. The average molecular weight is 234 g/mol. The molecule has 3 nitrogen and oxygen atoms in total. The minimum atomic E-state index is -0.426. The van der Waals surface area contributed by atoms with E-state index in [9.17, 15) is 5.11 Å². The maximum absolute atomic E-state index is 9.71. The molecule has 0 spiro atoms. The Morgan fingerprint density at radius 2 is 2.18 bits per heavy atom. The highest BCUT2D eigenvalue weighted by atomic mass is 16.3. The molecule has 94 valence electrons. The summed E-state index contributed by atoms with van der Waals surface area (Å²) in [5.41, 5.74) is 1.98. The van der Waals surface area contributed by atoms with Crippen molar-refractivity contribution in [2.75, 3.05) is 11.4 Å². The van der Waals surface area contributed by atoms with Crippen molar-refractivity contribution in [2.24, 2.45) is 0 Å². The lowest BCUT2D eigenvalue weighted by atomic mass is 10.2. The van der Waals surface area contributed by atoms with Crippen LogP contribution in [0.3, 0.4) is 0 Å². The Balaban J connectivity index is 2.09. The molecule has 1 heterocycles. The Labute approximate surface area is 103 Å². The molecule has 3 heteroatoms. The van der Waals surface area contributed by atoms with Gasteiger partial charge in [-0.2, -0.15) is 0 Å². The van der Waals surface area contributed by atoms with Gasteiger partial charge >= 0.3 is 0 Å². The highest BCUT2D eigenvalue weighted by Gasteiger charge is 2.28. The van der Waals surface area contributed by atoms with E-state index in [0.29, 0.717) is 6.42 Å². The Hall–Kier alpha value is -1.09. The van der Waals surface area contributed by atoms with E-state index in [0.717, 1.165) is 24.7 Å². The molecule has 0 aliphatic heterocycles. The standard InChI is InChI=1S/C14H22N2O/c1-3-9-16(11-5-6-11)12-7-8-13(15-10-12)14(17)4-2/h7-8,10-11,14,17H,3-6,9H2,1-2H3/t14-/m0/s1. The second kappa shape index (κ2) is 5.50. The fourth-order valence-corrected chi connectivity index (χ4v) is 2.12. The van der Waals surface area contributed by atoms with Gasteiger partial charge in [0.05, 0.1) is 23.7 Å². The summed E-state index contributed by atoms with van der Waals surface area (Å²) < 4.78 is 0. The molecule has 1 fully saturated rings. The van der Waals surface area contributed by atoms with E-state index in [1.54, 1.807) is 0 Å². The normalized spacial score (nSPS) is 16.9. The van der Waals surface area contributed by atoms with Crippen molar-refractivity contribution in [1.29, 1.82) is 0 Å². The number of anilines is 1. The first-order chi connectivity index (χ1) is 8.26. The highest BCUT2D eigenvalue weighted by Crippen LogP contribution is 2.31. The van der Waals surface area contributed by atoms with Crippen LogP contribution < -0.4 is 4.90 Å². The predicted molar refractivity (Wildman–Crippen MR) is 70.1 cm³/mol. The van der Waals surface area contributed by atoms with Crippen LogP contribution in [-0.2, 0) is 0 Å². The molecule has 0 unspecified atom stereocenters. The van der Waals surface area contributed by atoms with Crippen LogP contribution in [0.5, 0.6) is 0 Å². The van der Waals surface area contributed by atoms with Gasteiger partial charge in [0.25, 0.3) is 0 Å². The van der Waals surface area contributed by atoms with Crippen LogP contribution in [0.1, 0.15) is 51.3 Å². The molecule has 17 heavy (non-hydrogen) atoms. The SMILES string of the molecule is CCCN(c1ccc([C@@H](O)CC)nc1)C1CC1. The fraction of sp³-hybridized carbons (Fsp3) is 0.643. The van der Waals surface area contributed by atoms with Crippen LogP contribution in [0.2, 0.25) is 0 Å². The van der Waals surface area contributed by atoms with E-state index in [-0.39, 0.29) is 0 Å². The largest absolute Gasteiger partial charge is 0.387 e. The van der Waals surface area contributed by atoms with Gasteiger partial charge in [0, 0.05) is 12.6 Å². The second-order valence-electron chi connectivity index (χ2n) is 4.79. The summed E-state index contributed by atoms with van der Waals surface area (Å²) >= 11 is 0. The lowest BCUT2D eigenvalue weighted by Gasteiger charge is -2.24. The molecule has 1 aliphatic rings. The van der Waals surface area contributed by atoms with Gasteiger partial charge in [-0.25, -0.2) is 0 Å². The summed E-state index contributed by atoms with van der Waals surface area (Å²) in [4.78, 5) is 6.81. The molecule has 0 amide bonds. The molecule has 0 bridgehead atoms. The first-order valence-corrected chi connectivity index (χ1v) is 6.67. The smallest absolute Gasteiger partial charge is 0.0957 e. The first-order valence-electron chi connectivity index (χ1n) is 6.67.